The third-order valence-corrected chi connectivity index (χ3v) is 4.60. The van der Waals surface area contributed by atoms with Crippen LogP contribution in [-0.2, 0) is 13.0 Å². The molecule has 0 saturated carbocycles. The topological polar surface area (TPSA) is 29.3 Å². The number of halogens is 2. The maximum Gasteiger partial charge on any atom is 0.0931 e. The summed E-state index contributed by atoms with van der Waals surface area (Å²) in [4.78, 5) is 3.49. The van der Waals surface area contributed by atoms with Gasteiger partial charge in [0, 0.05) is 22.1 Å². The van der Waals surface area contributed by atoms with Gasteiger partial charge in [-0.3, -0.25) is 0 Å². The van der Waals surface area contributed by atoms with Crippen molar-refractivity contribution in [2.45, 2.75) is 13.0 Å². The zero-order valence-corrected chi connectivity index (χ0v) is 13.9. The van der Waals surface area contributed by atoms with Crippen molar-refractivity contribution < 1.29 is 0 Å². The SMILES string of the molecule is CN(Cc1ccc(Cl)s1)c1ccc(Br)cc1CCN. The highest BCUT2D eigenvalue weighted by Gasteiger charge is 2.09. The molecule has 0 aliphatic carbocycles. The quantitative estimate of drug-likeness (QED) is 0.862. The molecule has 102 valence electrons. The Labute approximate surface area is 131 Å². The zero-order valence-electron chi connectivity index (χ0n) is 10.7. The van der Waals surface area contributed by atoms with Gasteiger partial charge in [-0.15, -0.1) is 11.3 Å². The van der Waals surface area contributed by atoms with Crippen LogP contribution in [-0.4, -0.2) is 13.6 Å². The average molecular weight is 360 g/mol. The molecule has 0 aliphatic heterocycles. The van der Waals surface area contributed by atoms with Crippen LogP contribution in [0, 0.1) is 0 Å². The van der Waals surface area contributed by atoms with Crippen LogP contribution in [0.5, 0.6) is 0 Å². The minimum absolute atomic E-state index is 0.655. The molecule has 0 unspecified atom stereocenters. The third-order valence-electron chi connectivity index (χ3n) is 2.89. The molecule has 1 heterocycles. The van der Waals surface area contributed by atoms with Crippen LogP contribution >= 0.6 is 38.9 Å². The van der Waals surface area contributed by atoms with Crippen LogP contribution in [0.1, 0.15) is 10.4 Å². The zero-order chi connectivity index (χ0) is 13.8. The lowest BCUT2D eigenvalue weighted by Gasteiger charge is -2.22. The smallest absolute Gasteiger partial charge is 0.0931 e. The van der Waals surface area contributed by atoms with Crippen molar-refractivity contribution in [2.75, 3.05) is 18.5 Å². The first kappa shape index (κ1) is 14.9. The summed E-state index contributed by atoms with van der Waals surface area (Å²) in [6.07, 6.45) is 0.879. The Kier molecular flexibility index (Phi) is 5.28. The molecular weight excluding hydrogens is 344 g/mol. The highest BCUT2D eigenvalue weighted by atomic mass is 79.9. The van der Waals surface area contributed by atoms with Gasteiger partial charge < -0.3 is 10.6 Å². The van der Waals surface area contributed by atoms with E-state index in [1.807, 2.05) is 6.07 Å². The van der Waals surface area contributed by atoms with Gasteiger partial charge in [0.1, 0.15) is 0 Å². The molecule has 2 N–H and O–H groups in total. The Morgan fingerprint density at radius 3 is 2.74 bits per heavy atom. The average Bonchev–Trinajstić information content (AvgIpc) is 2.75. The fraction of sp³-hybridized carbons (Fsp3) is 0.286. The molecule has 5 heteroatoms. The van der Waals surface area contributed by atoms with Crippen LogP contribution in [0.15, 0.2) is 34.8 Å². The number of anilines is 1. The van der Waals surface area contributed by atoms with Crippen molar-refractivity contribution in [1.29, 1.82) is 0 Å². The summed E-state index contributed by atoms with van der Waals surface area (Å²) in [6.45, 7) is 1.51. The number of thiophene rings is 1. The van der Waals surface area contributed by atoms with Crippen LogP contribution in [0.2, 0.25) is 4.34 Å². The number of nitrogens with zero attached hydrogens (tertiary/aromatic N) is 1. The summed E-state index contributed by atoms with van der Waals surface area (Å²) < 4.78 is 1.92. The summed E-state index contributed by atoms with van der Waals surface area (Å²) in [5.74, 6) is 0. The highest BCUT2D eigenvalue weighted by molar-refractivity contribution is 9.10. The van der Waals surface area contributed by atoms with Crippen molar-refractivity contribution >= 4 is 44.6 Å². The highest BCUT2D eigenvalue weighted by Crippen LogP contribution is 2.28. The third kappa shape index (κ3) is 3.96. The molecule has 2 aromatic rings. The van der Waals surface area contributed by atoms with Crippen molar-refractivity contribution in [3.05, 3.63) is 49.6 Å². The molecule has 1 aromatic heterocycles. The minimum atomic E-state index is 0.655. The first-order valence-corrected chi connectivity index (χ1v) is 8.02. The van der Waals surface area contributed by atoms with Gasteiger partial charge in [0.05, 0.1) is 10.9 Å². The van der Waals surface area contributed by atoms with Crippen molar-refractivity contribution in [3.63, 3.8) is 0 Å². The number of benzene rings is 1. The molecule has 1 aromatic carbocycles. The van der Waals surface area contributed by atoms with E-state index in [2.05, 4.69) is 52.1 Å². The van der Waals surface area contributed by atoms with Gasteiger partial charge in [-0.1, -0.05) is 27.5 Å². The van der Waals surface area contributed by atoms with Crippen LogP contribution < -0.4 is 10.6 Å². The largest absolute Gasteiger partial charge is 0.369 e. The van der Waals surface area contributed by atoms with E-state index in [-0.39, 0.29) is 0 Å². The van der Waals surface area contributed by atoms with Gasteiger partial charge in [-0.05, 0) is 48.9 Å². The first-order chi connectivity index (χ1) is 9.10. The van der Waals surface area contributed by atoms with Gasteiger partial charge in [0.2, 0.25) is 0 Å². The Morgan fingerprint density at radius 2 is 2.11 bits per heavy atom. The molecule has 2 rings (SSSR count). The van der Waals surface area contributed by atoms with Gasteiger partial charge in [0.25, 0.3) is 0 Å². The summed E-state index contributed by atoms with van der Waals surface area (Å²) in [5, 5.41) is 0. The molecule has 2 nitrogen and oxygen atoms in total. The Bertz CT molecular complexity index is 556. The summed E-state index contributed by atoms with van der Waals surface area (Å²) in [6, 6.07) is 10.3. The summed E-state index contributed by atoms with van der Waals surface area (Å²) >= 11 is 11.1. The minimum Gasteiger partial charge on any atom is -0.369 e. The fourth-order valence-electron chi connectivity index (χ4n) is 2.04. The standard InChI is InChI=1S/C14H16BrClN2S/c1-18(9-12-3-5-14(16)19-12)13-4-2-11(15)8-10(13)6-7-17/h2-5,8H,6-7,9,17H2,1H3. The predicted molar refractivity (Wildman–Crippen MR) is 88.3 cm³/mol. The van der Waals surface area contributed by atoms with Crippen molar-refractivity contribution in [3.8, 4) is 0 Å². The lowest BCUT2D eigenvalue weighted by Crippen LogP contribution is -2.18. The predicted octanol–water partition coefficient (Wildman–Crippen LogP) is 4.30. The monoisotopic (exact) mass is 358 g/mol. The molecule has 0 bridgehead atoms. The molecular formula is C14H16BrClN2S. The van der Waals surface area contributed by atoms with Gasteiger partial charge >= 0.3 is 0 Å². The normalized spacial score (nSPS) is 10.7. The van der Waals surface area contributed by atoms with E-state index < -0.39 is 0 Å². The molecule has 0 amide bonds. The van der Waals surface area contributed by atoms with Crippen LogP contribution in [0.3, 0.4) is 0 Å². The molecule has 0 aliphatic rings. The summed E-state index contributed by atoms with van der Waals surface area (Å²) in [5.41, 5.74) is 8.17. The van der Waals surface area contributed by atoms with Gasteiger partial charge in [-0.2, -0.15) is 0 Å². The second-order valence-corrected chi connectivity index (χ2v) is 7.09. The maximum absolute atomic E-state index is 5.97. The molecule has 0 radical (unpaired) electrons. The second-order valence-electron chi connectivity index (χ2n) is 4.37. The van der Waals surface area contributed by atoms with E-state index in [4.69, 9.17) is 17.3 Å². The van der Waals surface area contributed by atoms with E-state index >= 15 is 0 Å². The van der Waals surface area contributed by atoms with Gasteiger partial charge in [-0.25, -0.2) is 0 Å². The number of hydrogen-bond donors (Lipinski definition) is 1. The van der Waals surface area contributed by atoms with E-state index in [1.165, 1.54) is 16.1 Å². The summed E-state index contributed by atoms with van der Waals surface area (Å²) in [7, 11) is 2.09. The van der Waals surface area contributed by atoms with Crippen LogP contribution in [0.25, 0.3) is 0 Å². The Hall–Kier alpha value is -0.550. The van der Waals surface area contributed by atoms with E-state index in [0.29, 0.717) is 6.54 Å². The van der Waals surface area contributed by atoms with Crippen LogP contribution in [0.4, 0.5) is 5.69 Å². The lowest BCUT2D eigenvalue weighted by atomic mass is 10.1. The second kappa shape index (κ2) is 6.75. The maximum atomic E-state index is 5.97. The number of hydrogen-bond acceptors (Lipinski definition) is 3. The lowest BCUT2D eigenvalue weighted by molar-refractivity contribution is 0.902. The Morgan fingerprint density at radius 1 is 1.32 bits per heavy atom. The van der Waals surface area contributed by atoms with Crippen molar-refractivity contribution in [2.24, 2.45) is 5.73 Å². The molecule has 0 saturated heterocycles. The van der Waals surface area contributed by atoms with Crippen molar-refractivity contribution in [1.82, 2.24) is 0 Å². The Balaban J connectivity index is 2.20. The van der Waals surface area contributed by atoms with E-state index in [0.717, 1.165) is 21.8 Å². The number of nitrogens with two attached hydrogens (primary N) is 1. The molecule has 0 atom stereocenters. The molecule has 0 spiro atoms. The first-order valence-electron chi connectivity index (χ1n) is 6.04. The molecule has 19 heavy (non-hydrogen) atoms. The number of rotatable bonds is 5. The fourth-order valence-corrected chi connectivity index (χ4v) is 3.59. The van der Waals surface area contributed by atoms with E-state index in [9.17, 15) is 0 Å². The van der Waals surface area contributed by atoms with Gasteiger partial charge in [0.15, 0.2) is 0 Å². The van der Waals surface area contributed by atoms with E-state index in [1.54, 1.807) is 11.3 Å². The molecule has 0 fully saturated rings.